The van der Waals surface area contributed by atoms with Gasteiger partial charge in [0.2, 0.25) is 5.91 Å². The van der Waals surface area contributed by atoms with Crippen molar-refractivity contribution in [1.29, 1.82) is 0 Å². The third kappa shape index (κ3) is 4.53. The highest BCUT2D eigenvalue weighted by Crippen LogP contribution is 2.39. The van der Waals surface area contributed by atoms with Crippen molar-refractivity contribution in [1.82, 2.24) is 5.32 Å². The molecule has 0 aromatic heterocycles. The first kappa shape index (κ1) is 14.3. The van der Waals surface area contributed by atoms with E-state index in [2.05, 4.69) is 5.32 Å². The van der Waals surface area contributed by atoms with Gasteiger partial charge in [0, 0.05) is 12.5 Å². The molecule has 100 valence electrons. The summed E-state index contributed by atoms with van der Waals surface area (Å²) in [5, 5.41) is 2.64. The fourth-order valence-electron chi connectivity index (χ4n) is 2.18. The van der Waals surface area contributed by atoms with E-state index in [9.17, 15) is 18.0 Å². The number of amides is 1. The first-order chi connectivity index (χ1) is 7.95. The summed E-state index contributed by atoms with van der Waals surface area (Å²) in [4.78, 5) is 11.6. The normalized spacial score (nSPS) is 25.6. The molecule has 0 bridgehead atoms. The molecule has 0 aromatic rings. The van der Waals surface area contributed by atoms with Crippen molar-refractivity contribution in [3.8, 4) is 0 Å². The Morgan fingerprint density at radius 2 is 2.06 bits per heavy atom. The zero-order chi connectivity index (χ0) is 12.9. The van der Waals surface area contributed by atoms with Crippen LogP contribution in [0.25, 0.3) is 0 Å². The Labute approximate surface area is 98.9 Å². The van der Waals surface area contributed by atoms with Gasteiger partial charge in [0.15, 0.2) is 0 Å². The summed E-state index contributed by atoms with van der Waals surface area (Å²) in [6, 6.07) is 0. The number of alkyl halides is 3. The van der Waals surface area contributed by atoms with Crippen LogP contribution in [-0.4, -0.2) is 25.2 Å². The maximum atomic E-state index is 12.5. The molecule has 0 radical (unpaired) electrons. The fourth-order valence-corrected chi connectivity index (χ4v) is 2.18. The third-order valence-corrected chi connectivity index (χ3v) is 3.19. The smallest absolute Gasteiger partial charge is 0.356 e. The molecule has 1 aliphatic rings. The van der Waals surface area contributed by atoms with Gasteiger partial charge in [-0.05, 0) is 32.2 Å². The van der Waals surface area contributed by atoms with Gasteiger partial charge in [0.25, 0.3) is 0 Å². The van der Waals surface area contributed by atoms with Crippen LogP contribution >= 0.6 is 0 Å². The Morgan fingerprint density at radius 1 is 1.35 bits per heavy atom. The summed E-state index contributed by atoms with van der Waals surface area (Å²) in [5.74, 6) is -2.07. The van der Waals surface area contributed by atoms with Gasteiger partial charge in [-0.3, -0.25) is 4.79 Å². The minimum absolute atomic E-state index is 0.0715. The maximum Gasteiger partial charge on any atom is 0.391 e. The van der Waals surface area contributed by atoms with Crippen LogP contribution in [-0.2, 0) is 4.79 Å². The molecule has 6 heteroatoms. The summed E-state index contributed by atoms with van der Waals surface area (Å²) in [5.41, 5.74) is 5.27. The van der Waals surface area contributed by atoms with E-state index in [0.717, 1.165) is 0 Å². The second kappa shape index (κ2) is 6.23. The predicted octanol–water partition coefficient (Wildman–Crippen LogP) is 1.82. The largest absolute Gasteiger partial charge is 0.391 e. The molecule has 2 atom stereocenters. The number of nitrogens with two attached hydrogens (primary N) is 1. The Kier molecular flexibility index (Phi) is 5.24. The van der Waals surface area contributed by atoms with Crippen molar-refractivity contribution < 1.29 is 18.0 Å². The van der Waals surface area contributed by atoms with Gasteiger partial charge < -0.3 is 11.1 Å². The number of nitrogens with one attached hydrogen (secondary N) is 1. The van der Waals surface area contributed by atoms with Crippen LogP contribution < -0.4 is 11.1 Å². The predicted molar refractivity (Wildman–Crippen MR) is 58.2 cm³/mol. The van der Waals surface area contributed by atoms with Crippen LogP contribution in [0.1, 0.15) is 32.1 Å². The van der Waals surface area contributed by atoms with Crippen LogP contribution in [0.2, 0.25) is 0 Å². The van der Waals surface area contributed by atoms with Crippen LogP contribution in [0, 0.1) is 11.8 Å². The van der Waals surface area contributed by atoms with E-state index >= 15 is 0 Å². The number of rotatable bonds is 4. The van der Waals surface area contributed by atoms with Crippen molar-refractivity contribution >= 4 is 5.91 Å². The van der Waals surface area contributed by atoms with Crippen molar-refractivity contribution in [3.05, 3.63) is 0 Å². The van der Waals surface area contributed by atoms with Gasteiger partial charge in [0.1, 0.15) is 0 Å². The van der Waals surface area contributed by atoms with E-state index < -0.39 is 18.0 Å². The summed E-state index contributed by atoms with van der Waals surface area (Å²) >= 11 is 0. The Balaban J connectivity index is 2.41. The molecule has 0 saturated heterocycles. The van der Waals surface area contributed by atoms with Gasteiger partial charge in [-0.25, -0.2) is 0 Å². The number of carbonyl (C=O) groups excluding carboxylic acids is 1. The average molecular weight is 252 g/mol. The monoisotopic (exact) mass is 252 g/mol. The van der Waals surface area contributed by atoms with Gasteiger partial charge >= 0.3 is 6.18 Å². The molecule has 2 unspecified atom stereocenters. The molecule has 1 rings (SSSR count). The highest BCUT2D eigenvalue weighted by molar-refractivity contribution is 5.78. The molecule has 0 aromatic carbocycles. The van der Waals surface area contributed by atoms with E-state index in [-0.39, 0.29) is 18.7 Å². The lowest BCUT2D eigenvalue weighted by Crippen LogP contribution is -2.38. The Bertz CT molecular complexity index is 256. The third-order valence-electron chi connectivity index (χ3n) is 3.19. The molecule has 1 saturated carbocycles. The molecule has 0 heterocycles. The number of hydrogen-bond donors (Lipinski definition) is 2. The van der Waals surface area contributed by atoms with Gasteiger partial charge in [-0.2, -0.15) is 13.2 Å². The zero-order valence-corrected chi connectivity index (χ0v) is 9.72. The van der Waals surface area contributed by atoms with Crippen molar-refractivity contribution in [2.24, 2.45) is 17.6 Å². The molecule has 3 N–H and O–H groups in total. The summed E-state index contributed by atoms with van der Waals surface area (Å²) in [7, 11) is 0. The quantitative estimate of drug-likeness (QED) is 0.750. The minimum atomic E-state index is -4.17. The maximum absolute atomic E-state index is 12.5. The van der Waals surface area contributed by atoms with Crippen molar-refractivity contribution in [2.45, 2.75) is 38.3 Å². The van der Waals surface area contributed by atoms with E-state index in [0.29, 0.717) is 32.4 Å². The van der Waals surface area contributed by atoms with Crippen LogP contribution in [0.4, 0.5) is 13.2 Å². The van der Waals surface area contributed by atoms with Gasteiger partial charge in [-0.15, -0.1) is 0 Å². The Hall–Kier alpha value is -0.780. The van der Waals surface area contributed by atoms with Crippen LogP contribution in [0.3, 0.4) is 0 Å². The van der Waals surface area contributed by atoms with E-state index in [1.165, 1.54) is 0 Å². The van der Waals surface area contributed by atoms with Crippen LogP contribution in [0.5, 0.6) is 0 Å². The average Bonchev–Trinajstić information content (AvgIpc) is 2.28. The second-order valence-corrected chi connectivity index (χ2v) is 4.54. The highest BCUT2D eigenvalue weighted by Gasteiger charge is 2.43. The van der Waals surface area contributed by atoms with Gasteiger partial charge in [-0.1, -0.05) is 6.42 Å². The standard InChI is InChI=1S/C11H19F3N2O/c12-11(13,14)9-4-1-3-8(7-9)10(17)16-6-2-5-15/h8-9H,1-7,15H2,(H,16,17). The first-order valence-electron chi connectivity index (χ1n) is 5.99. The number of carbonyl (C=O) groups is 1. The van der Waals surface area contributed by atoms with E-state index in [1.807, 2.05) is 0 Å². The Morgan fingerprint density at radius 3 is 2.65 bits per heavy atom. The van der Waals surface area contributed by atoms with E-state index in [4.69, 9.17) is 5.73 Å². The molecule has 1 fully saturated rings. The zero-order valence-electron chi connectivity index (χ0n) is 9.72. The minimum Gasteiger partial charge on any atom is -0.356 e. The van der Waals surface area contributed by atoms with Crippen molar-refractivity contribution in [2.75, 3.05) is 13.1 Å². The number of hydrogen-bond acceptors (Lipinski definition) is 2. The van der Waals surface area contributed by atoms with Gasteiger partial charge in [0.05, 0.1) is 5.92 Å². The molecule has 0 aliphatic heterocycles. The first-order valence-corrected chi connectivity index (χ1v) is 5.99. The summed E-state index contributed by atoms with van der Waals surface area (Å²) in [6.07, 6.45) is -2.41. The molecule has 0 spiro atoms. The summed E-state index contributed by atoms with van der Waals surface area (Å²) in [6.45, 7) is 0.915. The fraction of sp³-hybridized carbons (Fsp3) is 0.909. The van der Waals surface area contributed by atoms with Crippen LogP contribution in [0.15, 0.2) is 0 Å². The lowest BCUT2D eigenvalue weighted by molar-refractivity contribution is -0.186. The van der Waals surface area contributed by atoms with Crippen molar-refractivity contribution in [3.63, 3.8) is 0 Å². The summed E-state index contributed by atoms with van der Waals surface area (Å²) < 4.78 is 37.6. The topological polar surface area (TPSA) is 55.1 Å². The van der Waals surface area contributed by atoms with E-state index in [1.54, 1.807) is 0 Å². The SMILES string of the molecule is NCCCNC(=O)C1CCCC(C(F)(F)F)C1. The highest BCUT2D eigenvalue weighted by atomic mass is 19.4. The molecule has 3 nitrogen and oxygen atoms in total. The molecular formula is C11H19F3N2O. The lowest BCUT2D eigenvalue weighted by Gasteiger charge is -2.29. The molecule has 1 aliphatic carbocycles. The molecule has 17 heavy (non-hydrogen) atoms. The lowest BCUT2D eigenvalue weighted by atomic mass is 9.80. The molecular weight excluding hydrogens is 233 g/mol. The number of halogens is 3. The second-order valence-electron chi connectivity index (χ2n) is 4.54. The molecule has 1 amide bonds.